The van der Waals surface area contributed by atoms with Crippen molar-refractivity contribution in [1.29, 1.82) is 0 Å². The van der Waals surface area contributed by atoms with Crippen LogP contribution in [-0.2, 0) is 17.6 Å². The van der Waals surface area contributed by atoms with Gasteiger partial charge in [-0.2, -0.15) is 0 Å². The van der Waals surface area contributed by atoms with Gasteiger partial charge in [-0.15, -0.1) is 0 Å². The smallest absolute Gasteiger partial charge is 0.119 e. The zero-order chi connectivity index (χ0) is 21.3. The quantitative estimate of drug-likeness (QED) is 0.291. The molecule has 5 heteroatoms. The molecule has 2 aromatic carbocycles. The van der Waals surface area contributed by atoms with E-state index >= 15 is 0 Å². The molecule has 0 aliphatic rings. The fourth-order valence-corrected chi connectivity index (χ4v) is 3.85. The molecule has 0 heterocycles. The highest BCUT2D eigenvalue weighted by atomic mass is 79.9. The summed E-state index contributed by atoms with van der Waals surface area (Å²) in [5.74, 6) is 1.80. The molecule has 0 aliphatic heterocycles. The van der Waals surface area contributed by atoms with Crippen LogP contribution in [0.4, 0.5) is 0 Å². The predicted molar refractivity (Wildman–Crippen MR) is 128 cm³/mol. The first-order chi connectivity index (χ1) is 13.7. The monoisotopic (exact) mass is 526 g/mol. The van der Waals surface area contributed by atoms with E-state index in [0.717, 1.165) is 35.0 Å². The number of alkyl halides is 2. The summed E-state index contributed by atoms with van der Waals surface area (Å²) in [6, 6.07) is 16.6. The third-order valence-corrected chi connectivity index (χ3v) is 5.00. The van der Waals surface area contributed by atoms with E-state index in [1.807, 2.05) is 24.3 Å². The molecule has 0 amide bonds. The zero-order valence-corrected chi connectivity index (χ0v) is 21.0. The Labute approximate surface area is 192 Å². The third kappa shape index (κ3) is 9.10. The van der Waals surface area contributed by atoms with Gasteiger partial charge in [0.1, 0.15) is 11.5 Å². The molecule has 0 unspecified atom stereocenters. The van der Waals surface area contributed by atoms with Crippen molar-refractivity contribution in [2.75, 3.05) is 23.9 Å². The molecule has 0 saturated carbocycles. The lowest BCUT2D eigenvalue weighted by molar-refractivity contribution is -0.121. The van der Waals surface area contributed by atoms with Crippen molar-refractivity contribution in [3.8, 4) is 11.5 Å². The van der Waals surface area contributed by atoms with Gasteiger partial charge in [0, 0.05) is 23.5 Å². The van der Waals surface area contributed by atoms with E-state index in [1.54, 1.807) is 0 Å². The minimum Gasteiger partial charge on any atom is -0.493 e. The van der Waals surface area contributed by atoms with E-state index < -0.39 is 0 Å². The molecule has 0 spiro atoms. The van der Waals surface area contributed by atoms with Crippen LogP contribution >= 0.6 is 31.9 Å². The molecule has 0 fully saturated rings. The van der Waals surface area contributed by atoms with Crippen LogP contribution in [0.3, 0.4) is 0 Å². The topological polar surface area (TPSA) is 27.7 Å². The molecule has 0 aliphatic carbocycles. The minimum atomic E-state index is -0.277. The Kier molecular flexibility index (Phi) is 9.51. The van der Waals surface area contributed by atoms with Gasteiger partial charge in [0.15, 0.2) is 0 Å². The van der Waals surface area contributed by atoms with Crippen LogP contribution < -0.4 is 9.47 Å². The van der Waals surface area contributed by atoms with E-state index in [9.17, 15) is 0 Å². The Bertz CT molecular complexity index is 661. The second-order valence-electron chi connectivity index (χ2n) is 8.34. The SMILES string of the molecule is CC(C)(Cc1ccc(OCCBr)cc1)OC(C)(C)Cc1ccc(OCCBr)cc1. The number of hydrogen-bond donors (Lipinski definition) is 0. The Morgan fingerprint density at radius 2 is 0.966 bits per heavy atom. The summed E-state index contributed by atoms with van der Waals surface area (Å²) in [6.07, 6.45) is 1.68. The van der Waals surface area contributed by atoms with Crippen LogP contribution in [0.15, 0.2) is 48.5 Å². The summed E-state index contributed by atoms with van der Waals surface area (Å²) < 4.78 is 17.8. The maximum absolute atomic E-state index is 6.55. The van der Waals surface area contributed by atoms with Crippen LogP contribution in [0.5, 0.6) is 11.5 Å². The Morgan fingerprint density at radius 3 is 1.28 bits per heavy atom. The van der Waals surface area contributed by atoms with Gasteiger partial charge in [0.05, 0.1) is 24.4 Å². The highest BCUT2D eigenvalue weighted by Crippen LogP contribution is 2.28. The maximum atomic E-state index is 6.55. The van der Waals surface area contributed by atoms with Gasteiger partial charge in [-0.3, -0.25) is 0 Å². The summed E-state index contributed by atoms with van der Waals surface area (Å²) in [4.78, 5) is 0. The largest absolute Gasteiger partial charge is 0.493 e. The molecule has 29 heavy (non-hydrogen) atoms. The molecular weight excluding hydrogens is 496 g/mol. The highest BCUT2D eigenvalue weighted by molar-refractivity contribution is 9.09. The predicted octanol–water partition coefficient (Wildman–Crippen LogP) is 6.59. The van der Waals surface area contributed by atoms with Crippen molar-refractivity contribution in [2.45, 2.75) is 51.7 Å². The summed E-state index contributed by atoms with van der Waals surface area (Å²) in [5, 5.41) is 1.66. The molecule has 0 radical (unpaired) electrons. The van der Waals surface area contributed by atoms with Gasteiger partial charge in [-0.1, -0.05) is 56.1 Å². The summed E-state index contributed by atoms with van der Waals surface area (Å²) in [5.41, 5.74) is 1.93. The van der Waals surface area contributed by atoms with E-state index in [2.05, 4.69) is 83.8 Å². The first kappa shape index (κ1) is 24.2. The van der Waals surface area contributed by atoms with Crippen LogP contribution in [0, 0.1) is 0 Å². The van der Waals surface area contributed by atoms with E-state index in [-0.39, 0.29) is 11.2 Å². The Balaban J connectivity index is 1.93. The Morgan fingerprint density at radius 1 is 0.621 bits per heavy atom. The minimum absolute atomic E-state index is 0.277. The first-order valence-corrected chi connectivity index (χ1v) is 12.2. The van der Waals surface area contributed by atoms with Crippen LogP contribution in [0.2, 0.25) is 0 Å². The summed E-state index contributed by atoms with van der Waals surface area (Å²) in [7, 11) is 0. The lowest BCUT2D eigenvalue weighted by Gasteiger charge is -2.36. The van der Waals surface area contributed by atoms with Gasteiger partial charge >= 0.3 is 0 Å². The number of ether oxygens (including phenoxy) is 3. The average Bonchev–Trinajstić information content (AvgIpc) is 2.65. The first-order valence-electron chi connectivity index (χ1n) is 9.99. The lowest BCUT2D eigenvalue weighted by Crippen LogP contribution is -2.40. The van der Waals surface area contributed by atoms with Gasteiger partial charge in [0.25, 0.3) is 0 Å². The lowest BCUT2D eigenvalue weighted by atomic mass is 9.93. The normalized spacial score (nSPS) is 12.1. The van der Waals surface area contributed by atoms with Gasteiger partial charge < -0.3 is 14.2 Å². The summed E-state index contributed by atoms with van der Waals surface area (Å²) in [6.45, 7) is 9.96. The van der Waals surface area contributed by atoms with Crippen molar-refractivity contribution in [2.24, 2.45) is 0 Å². The zero-order valence-electron chi connectivity index (χ0n) is 17.8. The molecule has 0 aromatic heterocycles. The van der Waals surface area contributed by atoms with Crippen molar-refractivity contribution in [1.82, 2.24) is 0 Å². The highest BCUT2D eigenvalue weighted by Gasteiger charge is 2.29. The molecule has 0 N–H and O–H groups in total. The molecule has 0 atom stereocenters. The van der Waals surface area contributed by atoms with Crippen molar-refractivity contribution >= 4 is 31.9 Å². The fraction of sp³-hybridized carbons (Fsp3) is 0.500. The second-order valence-corrected chi connectivity index (χ2v) is 9.92. The number of benzene rings is 2. The molecule has 0 saturated heterocycles. The van der Waals surface area contributed by atoms with E-state index in [4.69, 9.17) is 14.2 Å². The molecule has 2 aromatic rings. The average molecular weight is 528 g/mol. The van der Waals surface area contributed by atoms with E-state index in [1.165, 1.54) is 11.1 Å². The fourth-order valence-electron chi connectivity index (χ4n) is 3.52. The van der Waals surface area contributed by atoms with Crippen LogP contribution in [0.1, 0.15) is 38.8 Å². The molecular formula is C24H32Br2O3. The van der Waals surface area contributed by atoms with Gasteiger partial charge in [0.2, 0.25) is 0 Å². The third-order valence-electron chi connectivity index (χ3n) is 4.35. The maximum Gasteiger partial charge on any atom is 0.119 e. The van der Waals surface area contributed by atoms with Gasteiger partial charge in [-0.25, -0.2) is 0 Å². The number of hydrogen-bond acceptors (Lipinski definition) is 3. The van der Waals surface area contributed by atoms with E-state index in [0.29, 0.717) is 13.2 Å². The number of rotatable bonds is 12. The molecule has 0 bridgehead atoms. The standard InChI is InChI=1S/C24H32Br2O3/c1-23(2,17-19-5-9-21(10-6-19)27-15-13-25)29-24(3,4)18-20-7-11-22(12-8-20)28-16-14-26/h5-12H,13-18H2,1-4H3. The van der Waals surface area contributed by atoms with Crippen molar-refractivity contribution < 1.29 is 14.2 Å². The van der Waals surface area contributed by atoms with Crippen molar-refractivity contribution in [3.63, 3.8) is 0 Å². The second kappa shape index (κ2) is 11.4. The summed E-state index contributed by atoms with van der Waals surface area (Å²) >= 11 is 6.75. The Hall–Kier alpha value is -1.04. The van der Waals surface area contributed by atoms with Crippen molar-refractivity contribution in [3.05, 3.63) is 59.7 Å². The van der Waals surface area contributed by atoms with Gasteiger partial charge in [-0.05, 0) is 63.1 Å². The number of halogens is 2. The molecule has 160 valence electrons. The van der Waals surface area contributed by atoms with Crippen LogP contribution in [0.25, 0.3) is 0 Å². The molecule has 3 nitrogen and oxygen atoms in total. The van der Waals surface area contributed by atoms with Crippen LogP contribution in [-0.4, -0.2) is 35.1 Å². The molecule has 2 rings (SSSR count).